The zero-order valence-corrected chi connectivity index (χ0v) is 19.8. The fraction of sp³-hybridized carbons (Fsp3) is 0.526. The van der Waals surface area contributed by atoms with Gasteiger partial charge < -0.3 is 19.9 Å². The van der Waals surface area contributed by atoms with Gasteiger partial charge in [0.05, 0.1) is 0 Å². The zero-order chi connectivity index (χ0) is 19.5. The quantitative estimate of drug-likeness (QED) is 0.218. The molecule has 2 aromatic rings. The predicted octanol–water partition coefficient (Wildman–Crippen LogP) is 3.10. The van der Waals surface area contributed by atoms with Crippen LogP contribution in [0.4, 0.5) is 0 Å². The number of aliphatic imine (C=N–C) groups is 1. The highest BCUT2D eigenvalue weighted by atomic mass is 127. The van der Waals surface area contributed by atoms with Gasteiger partial charge in [-0.2, -0.15) is 0 Å². The van der Waals surface area contributed by atoms with Crippen LogP contribution in [0, 0.1) is 6.92 Å². The highest BCUT2D eigenvalue weighted by molar-refractivity contribution is 14.0. The summed E-state index contributed by atoms with van der Waals surface area (Å²) in [6, 6.07) is 7.89. The first-order chi connectivity index (χ1) is 13.1. The summed E-state index contributed by atoms with van der Waals surface area (Å²) < 4.78 is 7.32. The van der Waals surface area contributed by atoms with Gasteiger partial charge in [0, 0.05) is 38.4 Å². The number of hydrogen-bond acceptors (Lipinski definition) is 4. The smallest absolute Gasteiger partial charge is 0.191 e. The van der Waals surface area contributed by atoms with Gasteiger partial charge in [-0.25, -0.2) is 4.99 Å². The topological polar surface area (TPSA) is 76.4 Å². The van der Waals surface area contributed by atoms with E-state index in [1.165, 1.54) is 0 Å². The second-order valence-electron chi connectivity index (χ2n) is 6.13. The van der Waals surface area contributed by atoms with Crippen molar-refractivity contribution in [1.29, 1.82) is 0 Å². The Balaban J connectivity index is 0.00000392. The molecule has 0 aliphatic rings. The van der Waals surface area contributed by atoms with Crippen LogP contribution >= 0.6 is 35.6 Å². The summed E-state index contributed by atoms with van der Waals surface area (Å²) in [5.74, 6) is 2.45. The molecule has 0 spiro atoms. The van der Waals surface area contributed by atoms with E-state index in [9.17, 15) is 0 Å². The molecule has 0 aliphatic carbocycles. The van der Waals surface area contributed by atoms with Crippen molar-refractivity contribution in [3.05, 3.63) is 46.5 Å². The van der Waals surface area contributed by atoms with Gasteiger partial charge in [-0.3, -0.25) is 0 Å². The molecule has 2 N–H and O–H groups in total. The Bertz CT molecular complexity index is 737. The number of nitrogens with zero attached hydrogens (tertiary/aromatic N) is 4. The van der Waals surface area contributed by atoms with Crippen molar-refractivity contribution < 1.29 is 4.74 Å². The van der Waals surface area contributed by atoms with Crippen LogP contribution in [0.5, 0.6) is 0 Å². The zero-order valence-electron chi connectivity index (χ0n) is 16.7. The van der Waals surface area contributed by atoms with E-state index in [1.54, 1.807) is 0 Å². The van der Waals surface area contributed by atoms with Gasteiger partial charge in [0.25, 0.3) is 0 Å². The number of hydrogen-bond donors (Lipinski definition) is 2. The van der Waals surface area contributed by atoms with Crippen molar-refractivity contribution >= 4 is 41.5 Å². The van der Waals surface area contributed by atoms with Gasteiger partial charge in [-0.05, 0) is 38.3 Å². The number of halogens is 2. The van der Waals surface area contributed by atoms with E-state index < -0.39 is 0 Å². The molecule has 2 rings (SSSR count). The summed E-state index contributed by atoms with van der Waals surface area (Å²) in [5.41, 5.74) is 1.12. The molecule has 7 nitrogen and oxygen atoms in total. The Hall–Kier alpha value is -1.39. The molecule has 0 amide bonds. The number of rotatable bonds is 10. The third-order valence-corrected chi connectivity index (χ3v) is 4.54. The second kappa shape index (κ2) is 13.7. The molecule has 0 saturated heterocycles. The Labute approximate surface area is 189 Å². The molecule has 1 heterocycles. The van der Waals surface area contributed by atoms with Gasteiger partial charge in [0.15, 0.2) is 11.8 Å². The molecule has 156 valence electrons. The van der Waals surface area contributed by atoms with E-state index in [-0.39, 0.29) is 24.0 Å². The van der Waals surface area contributed by atoms with Crippen LogP contribution in [0.15, 0.2) is 29.3 Å². The average molecular weight is 521 g/mol. The van der Waals surface area contributed by atoms with Crippen LogP contribution in [-0.2, 0) is 24.8 Å². The van der Waals surface area contributed by atoms with E-state index >= 15 is 0 Å². The van der Waals surface area contributed by atoms with Gasteiger partial charge in [0.1, 0.15) is 12.4 Å². The predicted molar refractivity (Wildman–Crippen MR) is 125 cm³/mol. The van der Waals surface area contributed by atoms with Crippen LogP contribution in [0.25, 0.3) is 0 Å². The van der Waals surface area contributed by atoms with Crippen LogP contribution < -0.4 is 10.6 Å². The molecule has 9 heteroatoms. The summed E-state index contributed by atoms with van der Waals surface area (Å²) in [4.78, 5) is 4.64. The van der Waals surface area contributed by atoms with Gasteiger partial charge in [-0.1, -0.05) is 29.8 Å². The van der Waals surface area contributed by atoms with Crippen molar-refractivity contribution in [3.8, 4) is 0 Å². The number of benzene rings is 1. The second-order valence-corrected chi connectivity index (χ2v) is 6.54. The number of aryl methyl sites for hydroxylation is 1. The monoisotopic (exact) mass is 520 g/mol. The first-order valence-corrected chi connectivity index (χ1v) is 9.67. The minimum absolute atomic E-state index is 0. The number of aromatic nitrogens is 3. The number of guanidine groups is 1. The van der Waals surface area contributed by atoms with Crippen molar-refractivity contribution in [1.82, 2.24) is 25.4 Å². The van der Waals surface area contributed by atoms with Gasteiger partial charge >= 0.3 is 0 Å². The summed E-state index contributed by atoms with van der Waals surface area (Å²) in [7, 11) is 1.94. The third-order valence-electron chi connectivity index (χ3n) is 4.17. The average Bonchev–Trinajstić information content (AvgIpc) is 2.99. The molecule has 1 aromatic heterocycles. The molecular weight excluding hydrogens is 491 g/mol. The Morgan fingerprint density at radius 2 is 1.96 bits per heavy atom. The van der Waals surface area contributed by atoms with Crippen molar-refractivity contribution in [2.24, 2.45) is 12.0 Å². The van der Waals surface area contributed by atoms with Crippen molar-refractivity contribution in [2.45, 2.75) is 33.2 Å². The molecule has 0 fully saturated rings. The van der Waals surface area contributed by atoms with Crippen molar-refractivity contribution in [3.63, 3.8) is 0 Å². The summed E-state index contributed by atoms with van der Waals surface area (Å²) >= 11 is 6.23. The molecular formula is C19H30ClIN6O. The Morgan fingerprint density at radius 1 is 1.21 bits per heavy atom. The lowest BCUT2D eigenvalue weighted by Gasteiger charge is -2.13. The lowest BCUT2D eigenvalue weighted by atomic mass is 10.1. The minimum atomic E-state index is 0. The van der Waals surface area contributed by atoms with E-state index in [0.717, 1.165) is 67.3 Å². The van der Waals surface area contributed by atoms with Crippen LogP contribution in [0.1, 0.15) is 30.6 Å². The van der Waals surface area contributed by atoms with E-state index in [0.29, 0.717) is 6.54 Å². The molecule has 0 atom stereocenters. The molecule has 28 heavy (non-hydrogen) atoms. The van der Waals surface area contributed by atoms with E-state index in [1.807, 2.05) is 49.7 Å². The fourth-order valence-electron chi connectivity index (χ4n) is 2.45. The molecule has 0 unspecified atom stereocenters. The lowest BCUT2D eigenvalue weighted by molar-refractivity contribution is 0.145. The molecule has 0 aliphatic heterocycles. The minimum Gasteiger partial charge on any atom is -0.382 e. The third kappa shape index (κ3) is 8.32. The summed E-state index contributed by atoms with van der Waals surface area (Å²) in [6.07, 6.45) is 1.74. The largest absolute Gasteiger partial charge is 0.382 e. The van der Waals surface area contributed by atoms with Gasteiger partial charge in [-0.15, -0.1) is 34.2 Å². The fourth-order valence-corrected chi connectivity index (χ4v) is 2.69. The molecule has 0 saturated carbocycles. The summed E-state index contributed by atoms with van der Waals surface area (Å²) in [5, 5.41) is 15.7. The molecule has 0 bridgehead atoms. The SMILES string of the molecule is CCOCCCNC(=NCc1nnc(C)n1C)NCCc1ccccc1Cl.I. The maximum absolute atomic E-state index is 6.23. The summed E-state index contributed by atoms with van der Waals surface area (Å²) in [6.45, 7) is 7.38. The normalized spacial score (nSPS) is 11.2. The van der Waals surface area contributed by atoms with E-state index in [4.69, 9.17) is 16.3 Å². The number of ether oxygens (including phenoxy) is 1. The maximum Gasteiger partial charge on any atom is 0.191 e. The van der Waals surface area contributed by atoms with Crippen LogP contribution in [0.3, 0.4) is 0 Å². The standard InChI is InChI=1S/C19H29ClN6O.HI/c1-4-27-13-7-11-21-19(23-14-18-25-24-15(2)26(18)3)22-12-10-16-8-5-6-9-17(16)20;/h5-6,8-9H,4,7,10-14H2,1-3H3,(H2,21,22,23);1H. The molecule has 1 aromatic carbocycles. The highest BCUT2D eigenvalue weighted by Gasteiger charge is 2.06. The lowest BCUT2D eigenvalue weighted by Crippen LogP contribution is -2.39. The van der Waals surface area contributed by atoms with Crippen LogP contribution in [0.2, 0.25) is 5.02 Å². The van der Waals surface area contributed by atoms with Crippen LogP contribution in [-0.4, -0.2) is 47.0 Å². The number of nitrogens with one attached hydrogen (secondary N) is 2. The first kappa shape index (κ1) is 24.6. The molecule has 0 radical (unpaired) electrons. The maximum atomic E-state index is 6.23. The van der Waals surface area contributed by atoms with E-state index in [2.05, 4.69) is 25.8 Å². The highest BCUT2D eigenvalue weighted by Crippen LogP contribution is 2.14. The van der Waals surface area contributed by atoms with Crippen molar-refractivity contribution in [2.75, 3.05) is 26.3 Å². The van der Waals surface area contributed by atoms with Gasteiger partial charge in [0.2, 0.25) is 0 Å². The Kier molecular flexibility index (Phi) is 12.1. The Morgan fingerprint density at radius 3 is 2.64 bits per heavy atom. The first-order valence-electron chi connectivity index (χ1n) is 9.30.